The fourth-order valence-electron chi connectivity index (χ4n) is 2.28. The third-order valence-corrected chi connectivity index (χ3v) is 6.44. The summed E-state index contributed by atoms with van der Waals surface area (Å²) in [6.07, 6.45) is 0. The molecule has 1 amide bonds. The van der Waals surface area contributed by atoms with Crippen molar-refractivity contribution in [3.8, 4) is 0 Å². The van der Waals surface area contributed by atoms with Gasteiger partial charge in [-0.25, -0.2) is 8.42 Å². The number of rotatable bonds is 6. The summed E-state index contributed by atoms with van der Waals surface area (Å²) < 4.78 is 28.2. The SMILES string of the molecule is CC(=O)Nc1ccc(S(=O)(=O)N(c2ccc(I)cc2)C(C)C(=O)Cl)cc1. The van der Waals surface area contributed by atoms with Gasteiger partial charge in [-0.1, -0.05) is 0 Å². The van der Waals surface area contributed by atoms with E-state index in [4.69, 9.17) is 11.6 Å². The van der Waals surface area contributed by atoms with Gasteiger partial charge in [0.1, 0.15) is 6.04 Å². The van der Waals surface area contributed by atoms with Crippen LogP contribution in [0.1, 0.15) is 13.8 Å². The zero-order valence-corrected chi connectivity index (χ0v) is 17.7. The average molecular weight is 507 g/mol. The molecule has 1 N–H and O–H groups in total. The molecule has 9 heteroatoms. The van der Waals surface area contributed by atoms with Crippen molar-refractivity contribution in [2.24, 2.45) is 0 Å². The molecule has 1 unspecified atom stereocenters. The molecule has 6 nitrogen and oxygen atoms in total. The smallest absolute Gasteiger partial charge is 0.265 e. The van der Waals surface area contributed by atoms with Crippen LogP contribution in [-0.4, -0.2) is 25.6 Å². The monoisotopic (exact) mass is 506 g/mol. The maximum Gasteiger partial charge on any atom is 0.265 e. The van der Waals surface area contributed by atoms with Crippen molar-refractivity contribution in [3.05, 3.63) is 52.1 Å². The Balaban J connectivity index is 2.50. The average Bonchev–Trinajstić information content (AvgIpc) is 2.56. The molecule has 2 rings (SSSR count). The highest BCUT2D eigenvalue weighted by molar-refractivity contribution is 14.1. The number of hydrogen-bond donors (Lipinski definition) is 1. The van der Waals surface area contributed by atoms with Crippen molar-refractivity contribution in [2.45, 2.75) is 24.8 Å². The summed E-state index contributed by atoms with van der Waals surface area (Å²) in [5.74, 6) is -0.262. The fraction of sp³-hybridized carbons (Fsp3) is 0.176. The third kappa shape index (κ3) is 4.74. The molecule has 0 bridgehead atoms. The van der Waals surface area contributed by atoms with Gasteiger partial charge in [0.2, 0.25) is 11.1 Å². The Morgan fingerprint density at radius 1 is 1.08 bits per heavy atom. The molecule has 2 aromatic rings. The van der Waals surface area contributed by atoms with Crippen LogP contribution in [0.5, 0.6) is 0 Å². The van der Waals surface area contributed by atoms with Crippen LogP contribution >= 0.6 is 34.2 Å². The van der Waals surface area contributed by atoms with E-state index in [-0.39, 0.29) is 10.8 Å². The number of carbonyl (C=O) groups excluding carboxylic acids is 2. The lowest BCUT2D eigenvalue weighted by Gasteiger charge is -2.28. The van der Waals surface area contributed by atoms with Crippen molar-refractivity contribution < 1.29 is 18.0 Å². The van der Waals surface area contributed by atoms with Gasteiger partial charge < -0.3 is 5.32 Å². The molecule has 138 valence electrons. The minimum absolute atomic E-state index is 0.0186. The lowest BCUT2D eigenvalue weighted by atomic mass is 10.3. The number of halogens is 2. The van der Waals surface area contributed by atoms with E-state index in [1.54, 1.807) is 24.3 Å². The second kappa shape index (κ2) is 8.36. The molecule has 0 fully saturated rings. The number of hydrogen-bond acceptors (Lipinski definition) is 4. The van der Waals surface area contributed by atoms with Crippen LogP contribution in [0.15, 0.2) is 53.4 Å². The molecule has 0 aromatic heterocycles. The first-order chi connectivity index (χ1) is 12.1. The second-order valence-electron chi connectivity index (χ2n) is 5.46. The van der Waals surface area contributed by atoms with Crippen molar-refractivity contribution in [2.75, 3.05) is 9.62 Å². The molecule has 0 aliphatic rings. The lowest BCUT2D eigenvalue weighted by Crippen LogP contribution is -2.42. The van der Waals surface area contributed by atoms with E-state index in [0.29, 0.717) is 11.4 Å². The van der Waals surface area contributed by atoms with E-state index in [0.717, 1.165) is 7.88 Å². The highest BCUT2D eigenvalue weighted by Gasteiger charge is 2.32. The Hall–Kier alpha value is -1.65. The van der Waals surface area contributed by atoms with Crippen molar-refractivity contribution in [1.29, 1.82) is 0 Å². The summed E-state index contributed by atoms with van der Waals surface area (Å²) in [6.45, 7) is 2.79. The number of anilines is 2. The molecular formula is C17H16ClIN2O4S. The molecule has 1 atom stereocenters. The van der Waals surface area contributed by atoms with Crippen molar-refractivity contribution in [1.82, 2.24) is 0 Å². The van der Waals surface area contributed by atoms with Crippen LogP contribution in [0.25, 0.3) is 0 Å². The van der Waals surface area contributed by atoms with E-state index in [2.05, 4.69) is 27.9 Å². The van der Waals surface area contributed by atoms with Crippen LogP contribution in [0, 0.1) is 3.57 Å². The van der Waals surface area contributed by atoms with Gasteiger partial charge in [-0.15, -0.1) is 0 Å². The first kappa shape index (κ1) is 20.7. The summed E-state index contributed by atoms with van der Waals surface area (Å²) in [5.41, 5.74) is 0.802. The zero-order valence-electron chi connectivity index (χ0n) is 13.9. The van der Waals surface area contributed by atoms with Crippen LogP contribution in [-0.2, 0) is 19.6 Å². The minimum atomic E-state index is -4.04. The third-order valence-electron chi connectivity index (χ3n) is 3.49. The summed E-state index contributed by atoms with van der Waals surface area (Å²) in [4.78, 5) is 22.8. The summed E-state index contributed by atoms with van der Waals surface area (Å²) in [7, 11) is -4.04. The molecule has 0 heterocycles. The van der Waals surface area contributed by atoms with E-state index < -0.39 is 21.3 Å². The predicted molar refractivity (Wildman–Crippen MR) is 110 cm³/mol. The molecule has 0 aliphatic heterocycles. The highest BCUT2D eigenvalue weighted by atomic mass is 127. The predicted octanol–water partition coefficient (Wildman–Crippen LogP) is 3.60. The van der Waals surface area contributed by atoms with Gasteiger partial charge in [0.25, 0.3) is 10.0 Å². The Morgan fingerprint density at radius 2 is 1.62 bits per heavy atom. The van der Waals surface area contributed by atoms with Gasteiger partial charge in [0.05, 0.1) is 10.6 Å². The van der Waals surface area contributed by atoms with E-state index in [1.807, 2.05) is 0 Å². The van der Waals surface area contributed by atoms with Crippen LogP contribution in [0.3, 0.4) is 0 Å². The molecular weight excluding hydrogens is 491 g/mol. The van der Waals surface area contributed by atoms with Gasteiger partial charge in [0, 0.05) is 16.2 Å². The first-order valence-corrected chi connectivity index (χ1v) is 10.4. The second-order valence-corrected chi connectivity index (χ2v) is 8.90. The van der Waals surface area contributed by atoms with E-state index in [1.165, 1.54) is 38.1 Å². The van der Waals surface area contributed by atoms with E-state index in [9.17, 15) is 18.0 Å². The number of sulfonamides is 1. The van der Waals surface area contributed by atoms with E-state index >= 15 is 0 Å². The first-order valence-electron chi connectivity index (χ1n) is 7.50. The largest absolute Gasteiger partial charge is 0.326 e. The molecule has 2 aromatic carbocycles. The number of benzene rings is 2. The molecule has 0 spiro atoms. The molecule has 0 saturated carbocycles. The normalized spacial score (nSPS) is 12.3. The number of carbonyl (C=O) groups is 2. The number of amides is 1. The summed E-state index contributed by atoms with van der Waals surface area (Å²) >= 11 is 7.69. The maximum atomic E-state index is 13.1. The minimum Gasteiger partial charge on any atom is -0.326 e. The highest BCUT2D eigenvalue weighted by Crippen LogP contribution is 2.28. The Morgan fingerprint density at radius 3 is 2.08 bits per heavy atom. The lowest BCUT2D eigenvalue weighted by molar-refractivity contribution is -0.114. The molecule has 26 heavy (non-hydrogen) atoms. The summed E-state index contributed by atoms with van der Waals surface area (Å²) in [6, 6.07) is 11.3. The maximum absolute atomic E-state index is 13.1. The fourth-order valence-corrected chi connectivity index (χ4v) is 4.41. The Labute approximate surface area is 170 Å². The molecule has 0 aliphatic carbocycles. The van der Waals surface area contributed by atoms with Crippen molar-refractivity contribution in [3.63, 3.8) is 0 Å². The van der Waals surface area contributed by atoms with Crippen LogP contribution in [0.2, 0.25) is 0 Å². The van der Waals surface area contributed by atoms with Gasteiger partial charge in [-0.05, 0) is 89.6 Å². The molecule has 0 saturated heterocycles. The Bertz CT molecular complexity index is 915. The number of nitrogens with one attached hydrogen (secondary N) is 1. The van der Waals surface area contributed by atoms with Crippen LogP contribution < -0.4 is 9.62 Å². The van der Waals surface area contributed by atoms with Gasteiger partial charge in [-0.2, -0.15) is 0 Å². The zero-order chi connectivity index (χ0) is 19.5. The molecule has 0 radical (unpaired) electrons. The topological polar surface area (TPSA) is 83.6 Å². The van der Waals surface area contributed by atoms with Crippen molar-refractivity contribution >= 4 is 66.7 Å². The van der Waals surface area contributed by atoms with Gasteiger partial charge in [0.15, 0.2) is 0 Å². The van der Waals surface area contributed by atoms with Gasteiger partial charge in [-0.3, -0.25) is 13.9 Å². The standard InChI is InChI=1S/C17H16ClIN2O4S/c1-11(17(18)23)21(15-7-3-13(19)4-8-15)26(24,25)16-9-5-14(6-10-16)20-12(2)22/h3-11H,1-2H3,(H,20,22). The van der Waals surface area contributed by atoms with Gasteiger partial charge >= 0.3 is 0 Å². The number of nitrogens with zero attached hydrogens (tertiary/aromatic N) is 1. The Kier molecular flexibility index (Phi) is 6.64. The summed E-state index contributed by atoms with van der Waals surface area (Å²) in [5, 5.41) is 1.78. The van der Waals surface area contributed by atoms with Crippen LogP contribution in [0.4, 0.5) is 11.4 Å². The quantitative estimate of drug-likeness (QED) is 0.479.